The average Bonchev–Trinajstić information content (AvgIpc) is 2.55. The highest BCUT2D eigenvalue weighted by atomic mass is 16.5. The predicted octanol–water partition coefficient (Wildman–Crippen LogP) is 2.28. The van der Waals surface area contributed by atoms with Gasteiger partial charge in [-0.15, -0.1) is 0 Å². The van der Waals surface area contributed by atoms with E-state index >= 15 is 0 Å². The molecule has 0 atom stereocenters. The lowest BCUT2D eigenvalue weighted by Crippen LogP contribution is -2.26. The van der Waals surface area contributed by atoms with Gasteiger partial charge in [0, 0.05) is 11.4 Å². The van der Waals surface area contributed by atoms with E-state index in [0.29, 0.717) is 17.8 Å². The molecule has 2 N–H and O–H groups in total. The second-order valence-corrected chi connectivity index (χ2v) is 5.02. The lowest BCUT2D eigenvalue weighted by molar-refractivity contribution is 0.0599. The zero-order chi connectivity index (χ0) is 17.0. The summed E-state index contributed by atoms with van der Waals surface area (Å²) in [5.41, 5.74) is 1.43. The molecule has 23 heavy (non-hydrogen) atoms. The number of methoxy groups -OCH3 is 1. The molecule has 0 saturated carbocycles. The van der Waals surface area contributed by atoms with Gasteiger partial charge >= 0.3 is 5.97 Å². The summed E-state index contributed by atoms with van der Waals surface area (Å²) in [6.07, 6.45) is 0.444. The van der Waals surface area contributed by atoms with E-state index in [1.807, 2.05) is 19.1 Å². The van der Waals surface area contributed by atoms with Crippen LogP contribution in [0.25, 0.3) is 0 Å². The number of aryl methyl sites for hydroxylation is 2. The van der Waals surface area contributed by atoms with Gasteiger partial charge in [-0.05, 0) is 31.0 Å². The van der Waals surface area contributed by atoms with Crippen LogP contribution in [0.3, 0.4) is 0 Å². The van der Waals surface area contributed by atoms with Crippen molar-refractivity contribution in [2.75, 3.05) is 12.4 Å². The Morgan fingerprint density at radius 1 is 1.22 bits per heavy atom. The zero-order valence-corrected chi connectivity index (χ0v) is 13.2. The Bertz CT molecular complexity index is 808. The summed E-state index contributed by atoms with van der Waals surface area (Å²) in [6, 6.07) is 8.50. The number of aromatic nitrogens is 1. The first-order valence-corrected chi connectivity index (χ1v) is 7.19. The van der Waals surface area contributed by atoms with Gasteiger partial charge in [0.05, 0.1) is 12.7 Å². The second kappa shape index (κ2) is 6.91. The maximum atomic E-state index is 12.4. The molecular weight excluding hydrogens is 296 g/mol. The first-order valence-electron chi connectivity index (χ1n) is 7.19. The number of hydrogen-bond donors (Lipinski definition) is 2. The number of aromatic amines is 1. The zero-order valence-electron chi connectivity index (χ0n) is 13.2. The minimum Gasteiger partial charge on any atom is -0.465 e. The fraction of sp³-hybridized carbons (Fsp3) is 0.235. The van der Waals surface area contributed by atoms with E-state index < -0.39 is 17.4 Å². The molecule has 0 fully saturated rings. The number of H-pyrrole nitrogens is 1. The fourth-order valence-electron chi connectivity index (χ4n) is 2.21. The minimum atomic E-state index is -0.594. The Morgan fingerprint density at radius 2 is 1.91 bits per heavy atom. The van der Waals surface area contributed by atoms with E-state index in [9.17, 15) is 14.4 Å². The number of carbonyl (C=O) groups excluding carboxylic acids is 2. The number of ether oxygens (including phenoxy) is 1. The van der Waals surface area contributed by atoms with Crippen LogP contribution in [0.5, 0.6) is 0 Å². The van der Waals surface area contributed by atoms with Gasteiger partial charge in [0.1, 0.15) is 5.56 Å². The van der Waals surface area contributed by atoms with Crippen LogP contribution in [0.15, 0.2) is 35.1 Å². The van der Waals surface area contributed by atoms with Crippen LogP contribution < -0.4 is 10.9 Å². The third-order valence-electron chi connectivity index (χ3n) is 3.52. The van der Waals surface area contributed by atoms with Crippen LogP contribution in [-0.4, -0.2) is 24.0 Å². The molecule has 2 aromatic rings. The van der Waals surface area contributed by atoms with E-state index in [0.717, 1.165) is 5.56 Å². The number of rotatable bonds is 4. The normalized spacial score (nSPS) is 10.2. The molecule has 0 saturated heterocycles. The van der Waals surface area contributed by atoms with Gasteiger partial charge in [-0.3, -0.25) is 9.59 Å². The Hall–Kier alpha value is -2.89. The average molecular weight is 314 g/mol. The molecule has 0 radical (unpaired) electrons. The lowest BCUT2D eigenvalue weighted by atomic mass is 10.1. The maximum Gasteiger partial charge on any atom is 0.339 e. The van der Waals surface area contributed by atoms with Gasteiger partial charge in [-0.1, -0.05) is 25.1 Å². The highest BCUT2D eigenvalue weighted by Crippen LogP contribution is 2.15. The third-order valence-corrected chi connectivity index (χ3v) is 3.52. The molecule has 1 aromatic heterocycles. The fourth-order valence-corrected chi connectivity index (χ4v) is 2.21. The minimum absolute atomic E-state index is 0.133. The number of amides is 1. The van der Waals surface area contributed by atoms with Gasteiger partial charge in [0.15, 0.2) is 0 Å². The molecule has 0 aliphatic carbocycles. The number of benzene rings is 1. The van der Waals surface area contributed by atoms with E-state index in [-0.39, 0.29) is 11.1 Å². The molecule has 6 nitrogen and oxygen atoms in total. The predicted molar refractivity (Wildman–Crippen MR) is 86.9 cm³/mol. The van der Waals surface area contributed by atoms with Crippen molar-refractivity contribution in [3.05, 3.63) is 63.1 Å². The summed E-state index contributed by atoms with van der Waals surface area (Å²) in [6.45, 7) is 3.64. The molecule has 6 heteroatoms. The van der Waals surface area contributed by atoms with Crippen LogP contribution in [0, 0.1) is 6.92 Å². The number of esters is 1. The molecular formula is C17H18N2O4. The summed E-state index contributed by atoms with van der Waals surface area (Å²) < 4.78 is 4.70. The van der Waals surface area contributed by atoms with E-state index in [1.54, 1.807) is 19.1 Å². The van der Waals surface area contributed by atoms with Crippen molar-refractivity contribution in [1.82, 2.24) is 4.98 Å². The third kappa shape index (κ3) is 3.48. The van der Waals surface area contributed by atoms with Crippen LogP contribution in [0.1, 0.15) is 38.9 Å². The molecule has 0 spiro atoms. The summed E-state index contributed by atoms with van der Waals surface area (Å²) in [7, 11) is 1.25. The van der Waals surface area contributed by atoms with Crippen molar-refractivity contribution in [3.8, 4) is 0 Å². The Balaban J connectivity index is 2.43. The molecule has 0 aliphatic heterocycles. The van der Waals surface area contributed by atoms with Crippen LogP contribution in [0.2, 0.25) is 0 Å². The number of para-hydroxylation sites is 1. The SMILES string of the molecule is CCc1[nH]c(=O)c(C(=O)Nc2ccccc2C)cc1C(=O)OC. The number of pyridine rings is 1. The van der Waals surface area contributed by atoms with Crippen LogP contribution in [0.4, 0.5) is 5.69 Å². The quantitative estimate of drug-likeness (QED) is 0.847. The molecule has 0 bridgehead atoms. The highest BCUT2D eigenvalue weighted by Gasteiger charge is 2.19. The molecule has 2 rings (SSSR count). The summed E-state index contributed by atoms with van der Waals surface area (Å²) in [4.78, 5) is 38.9. The van der Waals surface area contributed by atoms with Crippen molar-refractivity contribution >= 4 is 17.6 Å². The van der Waals surface area contributed by atoms with Gasteiger partial charge < -0.3 is 15.0 Å². The number of nitrogens with one attached hydrogen (secondary N) is 2. The lowest BCUT2D eigenvalue weighted by Gasteiger charge is -2.10. The summed E-state index contributed by atoms with van der Waals surface area (Å²) in [5.74, 6) is -1.17. The highest BCUT2D eigenvalue weighted by molar-refractivity contribution is 6.05. The largest absolute Gasteiger partial charge is 0.465 e. The number of hydrogen-bond acceptors (Lipinski definition) is 4. The molecule has 1 heterocycles. The van der Waals surface area contributed by atoms with E-state index in [1.165, 1.54) is 13.2 Å². The molecule has 1 aromatic carbocycles. The summed E-state index contributed by atoms with van der Waals surface area (Å²) in [5, 5.41) is 2.68. The van der Waals surface area contributed by atoms with E-state index in [2.05, 4.69) is 10.3 Å². The Kier molecular flexibility index (Phi) is 4.95. The van der Waals surface area contributed by atoms with E-state index in [4.69, 9.17) is 4.74 Å². The Morgan fingerprint density at radius 3 is 2.52 bits per heavy atom. The standard InChI is InChI=1S/C17H18N2O4/c1-4-13-11(17(22)23-3)9-12(15(20)18-13)16(21)19-14-8-6-5-7-10(14)2/h5-9H,4H2,1-3H3,(H,18,20)(H,19,21). The smallest absolute Gasteiger partial charge is 0.339 e. The number of anilines is 1. The van der Waals surface area contributed by atoms with Crippen molar-refractivity contribution in [3.63, 3.8) is 0 Å². The molecule has 0 aliphatic rings. The maximum absolute atomic E-state index is 12.4. The topological polar surface area (TPSA) is 88.3 Å². The van der Waals surface area contributed by atoms with Crippen molar-refractivity contribution < 1.29 is 14.3 Å². The second-order valence-electron chi connectivity index (χ2n) is 5.02. The molecule has 1 amide bonds. The monoisotopic (exact) mass is 314 g/mol. The number of carbonyl (C=O) groups is 2. The van der Waals surface area contributed by atoms with Crippen molar-refractivity contribution in [2.24, 2.45) is 0 Å². The van der Waals surface area contributed by atoms with Gasteiger partial charge in [0.25, 0.3) is 11.5 Å². The molecule has 0 unspecified atom stereocenters. The Labute approximate surface area is 133 Å². The first kappa shape index (κ1) is 16.5. The first-order chi connectivity index (χ1) is 11.0. The van der Waals surface area contributed by atoms with Gasteiger partial charge in [0.2, 0.25) is 0 Å². The van der Waals surface area contributed by atoms with Crippen molar-refractivity contribution in [1.29, 1.82) is 0 Å². The summed E-state index contributed by atoms with van der Waals surface area (Å²) >= 11 is 0. The van der Waals surface area contributed by atoms with Crippen molar-refractivity contribution in [2.45, 2.75) is 20.3 Å². The molecule has 120 valence electrons. The van der Waals surface area contributed by atoms with Gasteiger partial charge in [-0.2, -0.15) is 0 Å². The van der Waals surface area contributed by atoms with Gasteiger partial charge in [-0.25, -0.2) is 4.79 Å². The van der Waals surface area contributed by atoms with Crippen LogP contribution in [-0.2, 0) is 11.2 Å². The van der Waals surface area contributed by atoms with Crippen LogP contribution >= 0.6 is 0 Å².